The number of aromatic nitrogens is 2. The van der Waals surface area contributed by atoms with E-state index >= 15 is 0 Å². The zero-order valence-electron chi connectivity index (χ0n) is 17.1. The molecule has 0 amide bonds. The Kier molecular flexibility index (Phi) is 5.71. The van der Waals surface area contributed by atoms with E-state index in [0.29, 0.717) is 11.3 Å². The average molecular weight is 471 g/mol. The first-order valence-corrected chi connectivity index (χ1v) is 9.97. The molecule has 12 heteroatoms. The fourth-order valence-electron chi connectivity index (χ4n) is 3.53. The van der Waals surface area contributed by atoms with Crippen LogP contribution in [0.1, 0.15) is 24.3 Å². The van der Waals surface area contributed by atoms with Gasteiger partial charge >= 0.3 is 0 Å². The first-order valence-electron chi connectivity index (χ1n) is 9.59. The summed E-state index contributed by atoms with van der Waals surface area (Å²) < 4.78 is 28.1. The highest BCUT2D eigenvalue weighted by Crippen LogP contribution is 2.41. The molecule has 2 atom stereocenters. The van der Waals surface area contributed by atoms with Gasteiger partial charge in [0.05, 0.1) is 22.4 Å². The molecule has 0 aliphatic carbocycles. The number of fused-ring (bicyclic) bond motifs is 1. The number of halogens is 3. The third-order valence-corrected chi connectivity index (χ3v) is 5.25. The first-order chi connectivity index (χ1) is 15.7. The SMILES string of the molecule is CC(Nc1nc(N)nc(N)c1C#N)C1=Nc2c(Cl)cccc2C(O)N1c1cc(F)cc(F)c1. The van der Waals surface area contributed by atoms with Crippen LogP contribution < -0.4 is 21.7 Å². The first kappa shape index (κ1) is 22.2. The molecular formula is C21H17ClF2N8O. The van der Waals surface area contributed by atoms with Gasteiger partial charge in [-0.15, -0.1) is 0 Å². The summed E-state index contributed by atoms with van der Waals surface area (Å²) in [6.45, 7) is 1.64. The minimum atomic E-state index is -1.37. The van der Waals surface area contributed by atoms with Gasteiger partial charge in [0.25, 0.3) is 0 Å². The van der Waals surface area contributed by atoms with Gasteiger partial charge in [0.2, 0.25) is 5.95 Å². The summed E-state index contributed by atoms with van der Waals surface area (Å²) in [5.41, 5.74) is 12.0. The van der Waals surface area contributed by atoms with Crippen LogP contribution in [0.25, 0.3) is 0 Å². The smallest absolute Gasteiger partial charge is 0.224 e. The third-order valence-electron chi connectivity index (χ3n) is 4.95. The molecule has 0 radical (unpaired) electrons. The molecule has 2 aromatic carbocycles. The number of aliphatic hydroxyl groups excluding tert-OH is 1. The van der Waals surface area contributed by atoms with E-state index in [4.69, 9.17) is 23.1 Å². The van der Waals surface area contributed by atoms with Gasteiger partial charge < -0.3 is 21.9 Å². The molecule has 4 rings (SSSR count). The summed E-state index contributed by atoms with van der Waals surface area (Å²) in [6, 6.07) is 8.80. The van der Waals surface area contributed by atoms with Gasteiger partial charge in [-0.05, 0) is 25.1 Å². The Morgan fingerprint density at radius 2 is 1.91 bits per heavy atom. The summed E-state index contributed by atoms with van der Waals surface area (Å²) in [4.78, 5) is 13.6. The van der Waals surface area contributed by atoms with Gasteiger partial charge in [-0.3, -0.25) is 4.90 Å². The molecule has 1 aliphatic heterocycles. The summed E-state index contributed by atoms with van der Waals surface area (Å²) >= 11 is 6.30. The maximum Gasteiger partial charge on any atom is 0.224 e. The van der Waals surface area contributed by atoms with Crippen LogP contribution in [0.5, 0.6) is 0 Å². The van der Waals surface area contributed by atoms with Crippen molar-refractivity contribution in [3.05, 3.63) is 64.2 Å². The Labute approximate surface area is 192 Å². The molecule has 0 saturated heterocycles. The van der Waals surface area contributed by atoms with Gasteiger partial charge in [-0.1, -0.05) is 23.7 Å². The number of hydrogen-bond donors (Lipinski definition) is 4. The molecule has 9 nitrogen and oxygen atoms in total. The number of rotatable bonds is 4. The maximum atomic E-state index is 14.0. The van der Waals surface area contributed by atoms with Crippen LogP contribution in [0.2, 0.25) is 5.02 Å². The number of nitrogen functional groups attached to an aromatic ring is 2. The van der Waals surface area contributed by atoms with Crippen molar-refractivity contribution in [1.29, 1.82) is 5.26 Å². The number of benzene rings is 2. The Hall–Kier alpha value is -4.01. The average Bonchev–Trinajstić information content (AvgIpc) is 2.73. The van der Waals surface area contributed by atoms with E-state index in [0.717, 1.165) is 18.2 Å². The number of aliphatic hydroxyl groups is 1. The monoisotopic (exact) mass is 470 g/mol. The fourth-order valence-corrected chi connectivity index (χ4v) is 3.75. The summed E-state index contributed by atoms with van der Waals surface area (Å²) in [6.07, 6.45) is -1.37. The number of nitrogens with one attached hydrogen (secondary N) is 1. The van der Waals surface area contributed by atoms with Crippen LogP contribution in [0, 0.1) is 23.0 Å². The van der Waals surface area contributed by atoms with Gasteiger partial charge in [-0.25, -0.2) is 13.8 Å². The molecule has 2 heterocycles. The van der Waals surface area contributed by atoms with Crippen LogP contribution in [-0.4, -0.2) is 27.0 Å². The van der Waals surface area contributed by atoms with E-state index in [1.165, 1.54) is 4.90 Å². The van der Waals surface area contributed by atoms with E-state index in [1.54, 1.807) is 25.1 Å². The van der Waals surface area contributed by atoms with Crippen LogP contribution in [-0.2, 0) is 0 Å². The van der Waals surface area contributed by atoms with Crippen molar-refractivity contribution in [2.75, 3.05) is 21.7 Å². The lowest BCUT2D eigenvalue weighted by molar-refractivity contribution is 0.186. The van der Waals surface area contributed by atoms with E-state index in [9.17, 15) is 19.1 Å². The van der Waals surface area contributed by atoms with Crippen LogP contribution in [0.3, 0.4) is 0 Å². The topological polar surface area (TPSA) is 149 Å². The molecule has 6 N–H and O–H groups in total. The third kappa shape index (κ3) is 4.09. The van der Waals surface area contributed by atoms with Crippen molar-refractivity contribution in [2.45, 2.75) is 19.2 Å². The van der Waals surface area contributed by atoms with Crippen LogP contribution >= 0.6 is 11.6 Å². The maximum absolute atomic E-state index is 14.0. The molecule has 3 aromatic rings. The zero-order valence-corrected chi connectivity index (χ0v) is 17.8. The number of amidine groups is 1. The van der Waals surface area contributed by atoms with Crippen LogP contribution in [0.4, 0.5) is 37.7 Å². The second kappa shape index (κ2) is 8.50. The van der Waals surface area contributed by atoms with Gasteiger partial charge in [0.15, 0.2) is 12.0 Å². The normalized spacial score (nSPS) is 15.9. The highest BCUT2D eigenvalue weighted by molar-refractivity contribution is 6.33. The molecule has 0 saturated carbocycles. The van der Waals surface area contributed by atoms with E-state index < -0.39 is 23.9 Å². The lowest BCUT2D eigenvalue weighted by Crippen LogP contribution is -2.46. The Morgan fingerprint density at radius 1 is 1.21 bits per heavy atom. The van der Waals surface area contributed by atoms with Crippen molar-refractivity contribution < 1.29 is 13.9 Å². The Balaban J connectivity index is 1.85. The van der Waals surface area contributed by atoms with Crippen molar-refractivity contribution in [3.63, 3.8) is 0 Å². The van der Waals surface area contributed by atoms with Crippen molar-refractivity contribution in [2.24, 2.45) is 4.99 Å². The molecule has 1 aromatic heterocycles. The highest BCUT2D eigenvalue weighted by Gasteiger charge is 2.34. The summed E-state index contributed by atoms with van der Waals surface area (Å²) in [7, 11) is 0. The predicted molar refractivity (Wildman–Crippen MR) is 121 cm³/mol. The van der Waals surface area contributed by atoms with Crippen molar-refractivity contribution in [3.8, 4) is 6.07 Å². The minimum absolute atomic E-state index is 0.0141. The van der Waals surface area contributed by atoms with Crippen LogP contribution in [0.15, 0.2) is 41.4 Å². The van der Waals surface area contributed by atoms with Gasteiger partial charge in [0.1, 0.15) is 34.9 Å². The highest BCUT2D eigenvalue weighted by atomic mass is 35.5. The number of anilines is 4. The number of nitriles is 1. The number of para-hydroxylation sites is 1. The largest absolute Gasteiger partial charge is 0.382 e. The number of aliphatic imine (C=N–C) groups is 1. The van der Waals surface area contributed by atoms with Crippen molar-refractivity contribution >= 4 is 46.4 Å². The number of hydrogen-bond acceptors (Lipinski definition) is 9. The molecule has 33 heavy (non-hydrogen) atoms. The summed E-state index contributed by atoms with van der Waals surface area (Å²) in [5.74, 6) is -1.78. The molecular weight excluding hydrogens is 454 g/mol. The summed E-state index contributed by atoms with van der Waals surface area (Å²) in [5, 5.41) is 23.8. The molecule has 1 aliphatic rings. The lowest BCUT2D eigenvalue weighted by atomic mass is 10.0. The lowest BCUT2D eigenvalue weighted by Gasteiger charge is -2.38. The standard InChI is InChI=1S/C21H17ClF2N8O/c1-9(28-18-14(8-25)17(26)30-21(27)31-18)19-29-16-13(3-2-4-15(16)22)20(33)32(19)12-6-10(23)5-11(24)7-12/h2-7,9,20,33H,1H3,(H5,26,27,28,30,31). The minimum Gasteiger partial charge on any atom is -0.382 e. The number of nitrogens with zero attached hydrogens (tertiary/aromatic N) is 5. The molecule has 2 unspecified atom stereocenters. The van der Waals surface area contributed by atoms with E-state index in [2.05, 4.69) is 20.3 Å². The molecule has 0 spiro atoms. The second-order valence-electron chi connectivity index (χ2n) is 7.19. The van der Waals surface area contributed by atoms with Crippen molar-refractivity contribution in [1.82, 2.24) is 9.97 Å². The number of nitrogens with two attached hydrogens (primary N) is 2. The quantitative estimate of drug-likeness (QED) is 0.452. The second-order valence-corrected chi connectivity index (χ2v) is 7.59. The van der Waals surface area contributed by atoms with Gasteiger partial charge in [-0.2, -0.15) is 15.2 Å². The Morgan fingerprint density at radius 3 is 2.58 bits per heavy atom. The predicted octanol–water partition coefficient (Wildman–Crippen LogP) is 3.49. The van der Waals surface area contributed by atoms with Gasteiger partial charge in [0, 0.05) is 11.6 Å². The zero-order chi connectivity index (χ0) is 23.9. The molecule has 0 bridgehead atoms. The Bertz CT molecular complexity index is 1310. The van der Waals surface area contributed by atoms with E-state index in [-0.39, 0.29) is 39.7 Å². The molecule has 0 fully saturated rings. The fraction of sp³-hybridized carbons (Fsp3) is 0.143. The molecule has 168 valence electrons. The van der Waals surface area contributed by atoms with E-state index in [1.807, 2.05) is 6.07 Å².